The number of hydrogen-bond donors (Lipinski definition) is 4. The Morgan fingerprint density at radius 1 is 1.36 bits per heavy atom. The van der Waals surface area contributed by atoms with Gasteiger partial charge in [-0.2, -0.15) is 5.10 Å². The second-order valence-electron chi connectivity index (χ2n) is 5.31. The van der Waals surface area contributed by atoms with Gasteiger partial charge in [0, 0.05) is 36.1 Å². The fourth-order valence-electron chi connectivity index (χ4n) is 2.37. The van der Waals surface area contributed by atoms with E-state index in [1.807, 2.05) is 25.1 Å². The van der Waals surface area contributed by atoms with E-state index in [4.69, 9.17) is 11.5 Å². The molecule has 6 N–H and O–H groups in total. The zero-order chi connectivity index (χ0) is 17.6. The zero-order valence-corrected chi connectivity index (χ0v) is 13.9. The van der Waals surface area contributed by atoms with Gasteiger partial charge in [0.05, 0.1) is 23.6 Å². The molecule has 0 aliphatic carbocycles. The molecule has 3 aromatic heterocycles. The van der Waals surface area contributed by atoms with Gasteiger partial charge in [0.2, 0.25) is 0 Å². The molecule has 0 atom stereocenters. The monoisotopic (exact) mass is 336 g/mol. The lowest BCUT2D eigenvalue weighted by Gasteiger charge is -2.10. The number of nitrogens with zero attached hydrogens (tertiary/aromatic N) is 4. The lowest BCUT2D eigenvalue weighted by molar-refractivity contribution is 0.983. The number of nitrogens with one attached hydrogen (secondary N) is 2. The molecule has 0 aromatic carbocycles. The Morgan fingerprint density at radius 2 is 2.24 bits per heavy atom. The highest BCUT2D eigenvalue weighted by Gasteiger charge is 2.09. The summed E-state index contributed by atoms with van der Waals surface area (Å²) in [7, 11) is 0. The lowest BCUT2D eigenvalue weighted by Crippen LogP contribution is -2.07. The Balaban J connectivity index is 1.82. The number of hydrogen-bond acceptors (Lipinski definition) is 7. The molecule has 3 rings (SSSR count). The summed E-state index contributed by atoms with van der Waals surface area (Å²) in [4.78, 5) is 13.0. The number of rotatable bonds is 6. The topological polar surface area (TPSA) is 131 Å². The van der Waals surface area contributed by atoms with Crippen LogP contribution in [0.5, 0.6) is 0 Å². The van der Waals surface area contributed by atoms with Gasteiger partial charge in [-0.05, 0) is 31.2 Å². The highest BCUT2D eigenvalue weighted by Crippen LogP contribution is 2.21. The van der Waals surface area contributed by atoms with E-state index in [-0.39, 0.29) is 0 Å². The van der Waals surface area contributed by atoms with E-state index in [1.54, 1.807) is 18.5 Å². The van der Waals surface area contributed by atoms with Crippen molar-refractivity contribution in [1.29, 1.82) is 0 Å². The van der Waals surface area contributed by atoms with Gasteiger partial charge in [-0.15, -0.1) is 0 Å². The molecule has 0 radical (unpaired) electrons. The second kappa shape index (κ2) is 7.43. The summed E-state index contributed by atoms with van der Waals surface area (Å²) in [5, 5.41) is 11.4. The minimum Gasteiger partial charge on any atom is -0.404 e. The van der Waals surface area contributed by atoms with Crippen molar-refractivity contribution < 1.29 is 0 Å². The van der Waals surface area contributed by atoms with Gasteiger partial charge >= 0.3 is 0 Å². The van der Waals surface area contributed by atoms with Gasteiger partial charge in [-0.25, -0.2) is 9.97 Å². The number of aromatic nitrogens is 4. The summed E-state index contributed by atoms with van der Waals surface area (Å²) in [5.74, 6) is 0.577. The van der Waals surface area contributed by atoms with Crippen LogP contribution in [-0.2, 0) is 6.54 Å². The predicted molar refractivity (Wildman–Crippen MR) is 101 cm³/mol. The second-order valence-corrected chi connectivity index (χ2v) is 5.31. The minimum absolute atomic E-state index is 0.494. The Morgan fingerprint density at radius 3 is 3.04 bits per heavy atom. The Bertz CT molecular complexity index is 925. The molecule has 25 heavy (non-hydrogen) atoms. The quantitative estimate of drug-likeness (QED) is 0.509. The van der Waals surface area contributed by atoms with E-state index in [1.165, 1.54) is 6.20 Å². The molecule has 0 bridgehead atoms. The van der Waals surface area contributed by atoms with E-state index in [9.17, 15) is 0 Å². The van der Waals surface area contributed by atoms with E-state index < -0.39 is 0 Å². The highest BCUT2D eigenvalue weighted by molar-refractivity contribution is 6.09. The van der Waals surface area contributed by atoms with Crippen molar-refractivity contribution in [3.05, 3.63) is 48.1 Å². The van der Waals surface area contributed by atoms with Crippen LogP contribution < -0.4 is 16.8 Å². The van der Waals surface area contributed by atoms with Crippen molar-refractivity contribution in [3.8, 4) is 0 Å². The SMILES string of the molecule is CCN=CC(=CN)c1ccc(N)c(NCc2[nH]nc3ncccc23)n1. The molecule has 0 spiro atoms. The number of allylic oxidation sites excluding steroid dienone is 1. The lowest BCUT2D eigenvalue weighted by atomic mass is 10.2. The van der Waals surface area contributed by atoms with Crippen molar-refractivity contribution in [1.82, 2.24) is 20.2 Å². The molecule has 0 fully saturated rings. The molecule has 3 heterocycles. The summed E-state index contributed by atoms with van der Waals surface area (Å²) in [6, 6.07) is 7.45. The van der Waals surface area contributed by atoms with Crippen LogP contribution in [0, 0.1) is 0 Å². The summed E-state index contributed by atoms with van der Waals surface area (Å²) >= 11 is 0. The first-order valence-electron chi connectivity index (χ1n) is 7.93. The Hall–Kier alpha value is -3.42. The van der Waals surface area contributed by atoms with Gasteiger partial charge < -0.3 is 16.8 Å². The number of aromatic amines is 1. The third-order valence-electron chi connectivity index (χ3n) is 3.66. The maximum atomic E-state index is 6.04. The molecule has 0 unspecified atom stereocenters. The zero-order valence-electron chi connectivity index (χ0n) is 13.9. The molecule has 128 valence electrons. The van der Waals surface area contributed by atoms with Gasteiger partial charge in [0.25, 0.3) is 0 Å². The first-order valence-corrected chi connectivity index (χ1v) is 7.93. The summed E-state index contributed by atoms with van der Waals surface area (Å²) in [5.41, 5.74) is 15.3. The van der Waals surface area contributed by atoms with Crippen LogP contribution in [0.25, 0.3) is 16.6 Å². The van der Waals surface area contributed by atoms with E-state index in [2.05, 4.69) is 30.5 Å². The van der Waals surface area contributed by atoms with Gasteiger partial charge in [0.15, 0.2) is 5.65 Å². The molecule has 3 aromatic rings. The molecule has 0 amide bonds. The minimum atomic E-state index is 0.494. The Kier molecular flexibility index (Phi) is 4.89. The molecule has 0 aliphatic heterocycles. The smallest absolute Gasteiger partial charge is 0.181 e. The van der Waals surface area contributed by atoms with E-state index in [0.717, 1.165) is 16.7 Å². The van der Waals surface area contributed by atoms with Gasteiger partial charge in [-0.3, -0.25) is 10.1 Å². The molecular formula is C17H20N8. The van der Waals surface area contributed by atoms with Gasteiger partial charge in [0.1, 0.15) is 5.82 Å². The van der Waals surface area contributed by atoms with Crippen molar-refractivity contribution in [2.24, 2.45) is 10.7 Å². The first kappa shape index (κ1) is 16.4. The number of aliphatic imine (C=N–C) groups is 1. The standard InChI is InChI=1S/C17H20N8/c1-2-20-9-11(8-18)14-6-5-13(19)17(23-14)22-10-15-12-4-3-7-21-16(12)25-24-15/h3-9H,2,10,18-19H2,1H3,(H,22,23)(H,21,24,25). The number of H-pyrrole nitrogens is 1. The van der Waals surface area contributed by atoms with Crippen LogP contribution in [-0.4, -0.2) is 32.9 Å². The maximum Gasteiger partial charge on any atom is 0.181 e. The third kappa shape index (κ3) is 3.57. The summed E-state index contributed by atoms with van der Waals surface area (Å²) in [6.07, 6.45) is 4.90. The average molecular weight is 336 g/mol. The summed E-state index contributed by atoms with van der Waals surface area (Å²) in [6.45, 7) is 3.13. The number of pyridine rings is 2. The molecule has 8 heteroatoms. The van der Waals surface area contributed by atoms with Crippen molar-refractivity contribution in [2.75, 3.05) is 17.6 Å². The van der Waals surface area contributed by atoms with Crippen LogP contribution >= 0.6 is 0 Å². The fraction of sp³-hybridized carbons (Fsp3) is 0.176. The van der Waals surface area contributed by atoms with Crippen LogP contribution in [0.15, 0.2) is 41.7 Å². The fourth-order valence-corrected chi connectivity index (χ4v) is 2.37. The molecule has 0 aliphatic rings. The largest absolute Gasteiger partial charge is 0.404 e. The van der Waals surface area contributed by atoms with Crippen molar-refractivity contribution in [2.45, 2.75) is 13.5 Å². The summed E-state index contributed by atoms with van der Waals surface area (Å²) < 4.78 is 0. The number of nitrogen functional groups attached to an aromatic ring is 1. The Labute approximate surface area is 145 Å². The van der Waals surface area contributed by atoms with Crippen molar-refractivity contribution in [3.63, 3.8) is 0 Å². The van der Waals surface area contributed by atoms with E-state index in [0.29, 0.717) is 35.9 Å². The van der Waals surface area contributed by atoms with Crippen LogP contribution in [0.4, 0.5) is 11.5 Å². The normalized spacial score (nSPS) is 12.1. The van der Waals surface area contributed by atoms with Crippen molar-refractivity contribution >= 4 is 34.3 Å². The molecule has 0 saturated heterocycles. The van der Waals surface area contributed by atoms with Crippen LogP contribution in [0.1, 0.15) is 18.3 Å². The van der Waals surface area contributed by atoms with Gasteiger partial charge in [-0.1, -0.05) is 0 Å². The number of nitrogens with two attached hydrogens (primary N) is 2. The number of fused-ring (bicyclic) bond motifs is 1. The van der Waals surface area contributed by atoms with E-state index >= 15 is 0 Å². The average Bonchev–Trinajstić information content (AvgIpc) is 3.05. The number of anilines is 2. The molecular weight excluding hydrogens is 316 g/mol. The third-order valence-corrected chi connectivity index (χ3v) is 3.66. The molecule has 8 nitrogen and oxygen atoms in total. The van der Waals surface area contributed by atoms with Crippen LogP contribution in [0.3, 0.4) is 0 Å². The highest BCUT2D eigenvalue weighted by atomic mass is 15.2. The predicted octanol–water partition coefficient (Wildman–Crippen LogP) is 1.94. The van der Waals surface area contributed by atoms with Crippen LogP contribution in [0.2, 0.25) is 0 Å². The first-order chi connectivity index (χ1) is 12.2. The maximum absolute atomic E-state index is 6.04. The molecule has 0 saturated carbocycles.